The average molecular weight is 279 g/mol. The van der Waals surface area contributed by atoms with E-state index in [1.165, 1.54) is 17.0 Å². The van der Waals surface area contributed by atoms with Crippen LogP contribution in [0.3, 0.4) is 0 Å². The van der Waals surface area contributed by atoms with E-state index in [0.29, 0.717) is 17.8 Å². The minimum Gasteiger partial charge on any atom is -0.478 e. The van der Waals surface area contributed by atoms with Gasteiger partial charge < -0.3 is 21.1 Å². The third-order valence-electron chi connectivity index (χ3n) is 2.82. The highest BCUT2D eigenvalue weighted by Crippen LogP contribution is 2.19. The maximum atomic E-state index is 12.0. The van der Waals surface area contributed by atoms with Crippen molar-refractivity contribution in [2.75, 3.05) is 18.4 Å². The Hall–Kier alpha value is -2.57. The Balaban J connectivity index is 2.93. The lowest BCUT2D eigenvalue weighted by molar-refractivity contribution is -0.118. The SMILES string of the molecule is CCN(CC(N)=O)C(=O)Nc1cccc(C(=O)O)c1C. The summed E-state index contributed by atoms with van der Waals surface area (Å²) in [6, 6.07) is 4.08. The van der Waals surface area contributed by atoms with Gasteiger partial charge in [-0.05, 0) is 31.5 Å². The first-order valence-corrected chi connectivity index (χ1v) is 6.04. The molecule has 0 saturated heterocycles. The van der Waals surface area contributed by atoms with Crippen LogP contribution < -0.4 is 11.1 Å². The summed E-state index contributed by atoms with van der Waals surface area (Å²) in [4.78, 5) is 35.1. The third-order valence-corrected chi connectivity index (χ3v) is 2.82. The van der Waals surface area contributed by atoms with Gasteiger partial charge in [0.2, 0.25) is 5.91 Å². The number of amides is 3. The van der Waals surface area contributed by atoms with E-state index in [2.05, 4.69) is 5.32 Å². The molecule has 0 atom stereocenters. The fourth-order valence-electron chi connectivity index (χ4n) is 1.71. The van der Waals surface area contributed by atoms with Crippen molar-refractivity contribution in [3.05, 3.63) is 29.3 Å². The highest BCUT2D eigenvalue weighted by atomic mass is 16.4. The summed E-state index contributed by atoms with van der Waals surface area (Å²) in [5, 5.41) is 11.6. The molecule has 0 unspecified atom stereocenters. The van der Waals surface area contributed by atoms with Crippen LogP contribution in [0.15, 0.2) is 18.2 Å². The molecule has 7 heteroatoms. The van der Waals surface area contributed by atoms with Crippen molar-refractivity contribution in [3.63, 3.8) is 0 Å². The molecule has 4 N–H and O–H groups in total. The molecule has 0 saturated carbocycles. The van der Waals surface area contributed by atoms with E-state index in [9.17, 15) is 14.4 Å². The van der Waals surface area contributed by atoms with E-state index in [1.54, 1.807) is 19.9 Å². The summed E-state index contributed by atoms with van der Waals surface area (Å²) in [6.07, 6.45) is 0. The van der Waals surface area contributed by atoms with Crippen LogP contribution in [0.1, 0.15) is 22.8 Å². The second kappa shape index (κ2) is 6.55. The number of anilines is 1. The van der Waals surface area contributed by atoms with Crippen molar-refractivity contribution < 1.29 is 19.5 Å². The van der Waals surface area contributed by atoms with Crippen molar-refractivity contribution in [3.8, 4) is 0 Å². The number of likely N-dealkylation sites (N-methyl/N-ethyl adjacent to an activating group) is 1. The molecule has 0 aliphatic rings. The zero-order valence-corrected chi connectivity index (χ0v) is 11.3. The number of rotatable bonds is 5. The molecule has 3 amide bonds. The third kappa shape index (κ3) is 3.71. The predicted molar refractivity (Wildman–Crippen MR) is 73.6 cm³/mol. The number of carbonyl (C=O) groups excluding carboxylic acids is 2. The molecule has 0 radical (unpaired) electrons. The number of carboxylic acid groups (broad SMARTS) is 1. The topological polar surface area (TPSA) is 113 Å². The van der Waals surface area contributed by atoms with E-state index in [-0.39, 0.29) is 12.1 Å². The molecule has 0 bridgehead atoms. The first-order valence-electron chi connectivity index (χ1n) is 6.04. The van der Waals surface area contributed by atoms with Crippen LogP contribution in [0, 0.1) is 6.92 Å². The molecule has 7 nitrogen and oxygen atoms in total. The molecule has 0 aliphatic carbocycles. The number of primary amides is 1. The van der Waals surface area contributed by atoms with Crippen LogP contribution in [0.4, 0.5) is 10.5 Å². The molecule has 20 heavy (non-hydrogen) atoms. The van der Waals surface area contributed by atoms with Crippen molar-refractivity contribution in [2.45, 2.75) is 13.8 Å². The van der Waals surface area contributed by atoms with Gasteiger partial charge in [-0.15, -0.1) is 0 Å². The second-order valence-electron chi connectivity index (χ2n) is 4.19. The first-order chi connectivity index (χ1) is 9.36. The van der Waals surface area contributed by atoms with Gasteiger partial charge in [0, 0.05) is 12.2 Å². The van der Waals surface area contributed by atoms with E-state index < -0.39 is 17.9 Å². The van der Waals surface area contributed by atoms with Crippen LogP contribution in [0.25, 0.3) is 0 Å². The lowest BCUT2D eigenvalue weighted by Gasteiger charge is -2.20. The number of urea groups is 1. The van der Waals surface area contributed by atoms with Crippen molar-refractivity contribution in [1.29, 1.82) is 0 Å². The number of hydrogen-bond acceptors (Lipinski definition) is 3. The van der Waals surface area contributed by atoms with E-state index in [1.807, 2.05) is 0 Å². The first kappa shape index (κ1) is 15.5. The predicted octanol–water partition coefficient (Wildman–Crippen LogP) is 1.03. The van der Waals surface area contributed by atoms with E-state index >= 15 is 0 Å². The molecule has 1 aromatic rings. The smallest absolute Gasteiger partial charge is 0.336 e. The van der Waals surface area contributed by atoms with Gasteiger partial charge in [0.05, 0.1) is 5.56 Å². The Kier molecular flexibility index (Phi) is 5.08. The lowest BCUT2D eigenvalue weighted by atomic mass is 10.1. The van der Waals surface area contributed by atoms with Crippen LogP contribution in [0.5, 0.6) is 0 Å². The monoisotopic (exact) mass is 279 g/mol. The standard InChI is InChI=1S/C13H17N3O4/c1-3-16(7-11(14)17)13(20)15-10-6-4-5-9(8(10)2)12(18)19/h4-6H,3,7H2,1-2H3,(H2,14,17)(H,15,20)(H,18,19). The number of carbonyl (C=O) groups is 3. The zero-order valence-electron chi connectivity index (χ0n) is 11.3. The van der Waals surface area contributed by atoms with Gasteiger partial charge in [-0.2, -0.15) is 0 Å². The molecule has 0 spiro atoms. The molecular weight excluding hydrogens is 262 g/mol. The second-order valence-corrected chi connectivity index (χ2v) is 4.19. The van der Waals surface area contributed by atoms with Crippen LogP contribution in [0.2, 0.25) is 0 Å². The fourth-order valence-corrected chi connectivity index (χ4v) is 1.71. The van der Waals surface area contributed by atoms with Gasteiger partial charge in [0.1, 0.15) is 6.54 Å². The zero-order chi connectivity index (χ0) is 15.3. The molecule has 0 heterocycles. The fraction of sp³-hybridized carbons (Fsp3) is 0.308. The van der Waals surface area contributed by atoms with Crippen molar-refractivity contribution in [1.82, 2.24) is 4.90 Å². The Bertz CT molecular complexity index is 542. The Morgan fingerprint density at radius 1 is 1.35 bits per heavy atom. The number of benzene rings is 1. The number of nitrogens with two attached hydrogens (primary N) is 1. The molecule has 108 valence electrons. The minimum atomic E-state index is -1.07. The minimum absolute atomic E-state index is 0.112. The molecule has 1 aromatic carbocycles. The summed E-state index contributed by atoms with van der Waals surface area (Å²) in [5.41, 5.74) is 6.00. The van der Waals surface area contributed by atoms with Crippen LogP contribution in [-0.4, -0.2) is 41.0 Å². The Morgan fingerprint density at radius 2 is 2.00 bits per heavy atom. The Labute approximate surface area is 116 Å². The van der Waals surface area contributed by atoms with Gasteiger partial charge in [-0.3, -0.25) is 4.79 Å². The maximum absolute atomic E-state index is 12.0. The molecule has 1 rings (SSSR count). The number of carboxylic acids is 1. The highest BCUT2D eigenvalue weighted by Gasteiger charge is 2.16. The van der Waals surface area contributed by atoms with E-state index in [4.69, 9.17) is 10.8 Å². The van der Waals surface area contributed by atoms with Gasteiger partial charge in [-0.25, -0.2) is 9.59 Å². The summed E-state index contributed by atoms with van der Waals surface area (Å²) < 4.78 is 0. The van der Waals surface area contributed by atoms with Crippen LogP contribution >= 0.6 is 0 Å². The largest absolute Gasteiger partial charge is 0.478 e. The maximum Gasteiger partial charge on any atom is 0.336 e. The summed E-state index contributed by atoms with van der Waals surface area (Å²) in [7, 11) is 0. The molecule has 0 aliphatic heterocycles. The number of aromatic carboxylic acids is 1. The number of nitrogens with one attached hydrogen (secondary N) is 1. The van der Waals surface area contributed by atoms with E-state index in [0.717, 1.165) is 0 Å². The van der Waals surface area contributed by atoms with Gasteiger partial charge in [-0.1, -0.05) is 6.07 Å². The van der Waals surface area contributed by atoms with Crippen LogP contribution in [-0.2, 0) is 4.79 Å². The average Bonchev–Trinajstić information content (AvgIpc) is 2.37. The van der Waals surface area contributed by atoms with Gasteiger partial charge in [0.15, 0.2) is 0 Å². The lowest BCUT2D eigenvalue weighted by Crippen LogP contribution is -2.40. The number of hydrogen-bond donors (Lipinski definition) is 3. The molecule has 0 fully saturated rings. The summed E-state index contributed by atoms with van der Waals surface area (Å²) in [5.74, 6) is -1.68. The molecular formula is C13H17N3O4. The molecule has 0 aromatic heterocycles. The van der Waals surface area contributed by atoms with Crippen molar-refractivity contribution >= 4 is 23.6 Å². The summed E-state index contributed by atoms with van der Waals surface area (Å²) >= 11 is 0. The quantitative estimate of drug-likeness (QED) is 0.747. The van der Waals surface area contributed by atoms with Gasteiger partial charge in [0.25, 0.3) is 0 Å². The highest BCUT2D eigenvalue weighted by molar-refractivity contribution is 5.96. The summed E-state index contributed by atoms with van der Waals surface area (Å²) in [6.45, 7) is 3.43. The normalized spacial score (nSPS) is 9.90. The Morgan fingerprint density at radius 3 is 2.50 bits per heavy atom. The number of nitrogens with zero attached hydrogens (tertiary/aromatic N) is 1. The van der Waals surface area contributed by atoms with Gasteiger partial charge >= 0.3 is 12.0 Å². The van der Waals surface area contributed by atoms with Crippen molar-refractivity contribution in [2.24, 2.45) is 5.73 Å².